The summed E-state index contributed by atoms with van der Waals surface area (Å²) in [4.78, 5) is 11.4. The summed E-state index contributed by atoms with van der Waals surface area (Å²) in [6, 6.07) is 5.80. The summed E-state index contributed by atoms with van der Waals surface area (Å²) in [5.41, 5.74) is 3.86. The van der Waals surface area contributed by atoms with E-state index in [0.717, 1.165) is 35.1 Å². The van der Waals surface area contributed by atoms with E-state index < -0.39 is 6.09 Å². The van der Waals surface area contributed by atoms with Crippen LogP contribution in [-0.2, 0) is 4.74 Å². The molecule has 0 spiro atoms. The van der Waals surface area contributed by atoms with Crippen molar-refractivity contribution in [2.24, 2.45) is 0 Å². The average molecular weight is 489 g/mol. The number of rotatable bonds is 13. The molecule has 1 aromatic carbocycles. The molecule has 0 aliphatic rings. The Balaban J connectivity index is 2.20. The molecule has 0 fully saturated rings. The van der Waals surface area contributed by atoms with Crippen LogP contribution in [0.1, 0.15) is 47.0 Å². The summed E-state index contributed by atoms with van der Waals surface area (Å²) in [5, 5.41) is 14.6. The lowest BCUT2D eigenvalue weighted by molar-refractivity contribution is 0.151. The number of alkyl carbamates (subject to hydrolysis) is 1. The number of ether oxygens (including phenoxy) is 3. The Morgan fingerprint density at radius 2 is 1.97 bits per heavy atom. The number of allylic oxidation sites excluding steroid dienone is 3. The van der Waals surface area contributed by atoms with Crippen LogP contribution in [0.3, 0.4) is 0 Å². The Bertz CT molecular complexity index is 1000. The zero-order valence-corrected chi connectivity index (χ0v) is 21.9. The van der Waals surface area contributed by atoms with Crippen molar-refractivity contribution in [1.82, 2.24) is 15.5 Å². The highest BCUT2D eigenvalue weighted by Crippen LogP contribution is 2.38. The first-order valence-electron chi connectivity index (χ1n) is 11.6. The summed E-state index contributed by atoms with van der Waals surface area (Å²) in [6.07, 6.45) is 6.39. The van der Waals surface area contributed by atoms with Crippen LogP contribution in [0, 0.1) is 0 Å². The third-order valence-electron chi connectivity index (χ3n) is 4.93. The summed E-state index contributed by atoms with van der Waals surface area (Å²) in [5.74, 6) is 2.05. The van der Waals surface area contributed by atoms with Crippen molar-refractivity contribution in [1.29, 1.82) is 0 Å². The highest BCUT2D eigenvalue weighted by molar-refractivity contribution is 7.27. The molecule has 0 saturated carbocycles. The number of hydrogen-bond donors (Lipinski definition) is 3. The van der Waals surface area contributed by atoms with Gasteiger partial charge in [0.2, 0.25) is 0 Å². The van der Waals surface area contributed by atoms with Crippen LogP contribution in [0.25, 0.3) is 11.3 Å². The van der Waals surface area contributed by atoms with Gasteiger partial charge in [0.05, 0.1) is 31.6 Å². The molecule has 2 aromatic rings. The molecule has 0 aliphatic heterocycles. The molecule has 0 radical (unpaired) electrons. The molecule has 2 rings (SSSR count). The van der Waals surface area contributed by atoms with E-state index in [-0.39, 0.29) is 0 Å². The number of H-pyrrole nitrogens is 1. The maximum Gasteiger partial charge on any atom is 0.407 e. The lowest BCUT2D eigenvalue weighted by Crippen LogP contribution is -2.26. The maximum atomic E-state index is 11.4. The van der Waals surface area contributed by atoms with Crippen molar-refractivity contribution in [3.05, 3.63) is 41.6 Å². The number of nitrogens with zero attached hydrogens (tertiary/aromatic N) is 1. The van der Waals surface area contributed by atoms with Crippen LogP contribution in [0.2, 0.25) is 0 Å². The SMILES string of the molecule is CC/C=C(/C=C(\C)CC)Nc1cc(-c2c(OC)cc(P)cc2OCCCNC(=O)OCC)[nH]n1. The van der Waals surface area contributed by atoms with Crippen LogP contribution in [0.5, 0.6) is 11.5 Å². The van der Waals surface area contributed by atoms with Crippen molar-refractivity contribution in [2.45, 2.75) is 47.0 Å². The molecule has 1 atom stereocenters. The minimum Gasteiger partial charge on any atom is -0.496 e. The minimum atomic E-state index is -0.422. The second-order valence-electron chi connectivity index (χ2n) is 7.65. The van der Waals surface area contributed by atoms with E-state index in [4.69, 9.17) is 14.2 Å². The topological polar surface area (TPSA) is 97.5 Å². The fourth-order valence-electron chi connectivity index (χ4n) is 3.17. The molecular formula is C25H37N4O4P. The van der Waals surface area contributed by atoms with Gasteiger partial charge >= 0.3 is 6.09 Å². The maximum absolute atomic E-state index is 11.4. The first-order chi connectivity index (χ1) is 16.4. The smallest absolute Gasteiger partial charge is 0.407 e. The number of carbonyl (C=O) groups excluding carboxylic acids is 1. The second kappa shape index (κ2) is 14.3. The number of methoxy groups -OCH3 is 1. The van der Waals surface area contributed by atoms with Gasteiger partial charge in [-0.05, 0) is 56.6 Å². The molecule has 8 nitrogen and oxygen atoms in total. The molecule has 1 heterocycles. The fraction of sp³-hybridized carbons (Fsp3) is 0.440. The van der Waals surface area contributed by atoms with E-state index in [1.165, 1.54) is 5.57 Å². The number of aromatic amines is 1. The molecule has 0 aliphatic carbocycles. The summed E-state index contributed by atoms with van der Waals surface area (Å²) in [7, 11) is 4.30. The molecule has 1 unspecified atom stereocenters. The highest BCUT2D eigenvalue weighted by Gasteiger charge is 2.17. The van der Waals surface area contributed by atoms with Gasteiger partial charge < -0.3 is 24.8 Å². The standard InChI is InChI=1S/C25H37N4O4P/c1-6-10-18(13-17(4)7-2)27-23-16-20(28-29-23)24-21(31-5)14-19(34)15-22(24)33-12-9-11-26-25(30)32-8-3/h10,13-16H,6-9,11-12,34H2,1-5H3,(H,26,30)(H2,27,28,29)/b17-13+,18-10-. The molecule has 3 N–H and O–H groups in total. The molecule has 1 aromatic heterocycles. The van der Waals surface area contributed by atoms with E-state index in [1.54, 1.807) is 14.0 Å². The first kappa shape index (κ1) is 27.3. The number of anilines is 1. The fourth-order valence-corrected chi connectivity index (χ4v) is 3.48. The van der Waals surface area contributed by atoms with Crippen molar-refractivity contribution >= 4 is 26.5 Å². The predicted molar refractivity (Wildman–Crippen MR) is 141 cm³/mol. The van der Waals surface area contributed by atoms with Crippen LogP contribution >= 0.6 is 9.24 Å². The van der Waals surface area contributed by atoms with Gasteiger partial charge in [-0.25, -0.2) is 4.79 Å². The Labute approximate surface area is 204 Å². The Morgan fingerprint density at radius 1 is 1.21 bits per heavy atom. The Morgan fingerprint density at radius 3 is 2.65 bits per heavy atom. The zero-order chi connectivity index (χ0) is 24.9. The van der Waals surface area contributed by atoms with Gasteiger partial charge in [-0.2, -0.15) is 5.10 Å². The van der Waals surface area contributed by atoms with Crippen LogP contribution in [0.15, 0.2) is 41.6 Å². The van der Waals surface area contributed by atoms with E-state index in [9.17, 15) is 4.79 Å². The summed E-state index contributed by atoms with van der Waals surface area (Å²) < 4.78 is 16.6. The predicted octanol–water partition coefficient (Wildman–Crippen LogP) is 5.16. The van der Waals surface area contributed by atoms with Gasteiger partial charge in [0.25, 0.3) is 0 Å². The lowest BCUT2D eigenvalue weighted by Gasteiger charge is -2.15. The average Bonchev–Trinajstić information content (AvgIpc) is 3.26. The van der Waals surface area contributed by atoms with E-state index in [1.807, 2.05) is 18.2 Å². The number of carbonyl (C=O) groups is 1. The number of benzene rings is 1. The molecule has 0 bridgehead atoms. The number of amides is 1. The normalized spacial score (nSPS) is 11.8. The molecule has 0 saturated heterocycles. The van der Waals surface area contributed by atoms with Crippen LogP contribution in [0.4, 0.5) is 10.6 Å². The van der Waals surface area contributed by atoms with Gasteiger partial charge in [-0.1, -0.05) is 25.5 Å². The second-order valence-corrected chi connectivity index (χ2v) is 8.32. The highest BCUT2D eigenvalue weighted by atomic mass is 31.0. The van der Waals surface area contributed by atoms with Crippen LogP contribution in [-0.4, -0.2) is 43.2 Å². The quantitative estimate of drug-likeness (QED) is 0.205. The van der Waals surface area contributed by atoms with E-state index in [2.05, 4.69) is 63.0 Å². The number of nitrogens with one attached hydrogen (secondary N) is 3. The van der Waals surface area contributed by atoms with Gasteiger partial charge in [-0.15, -0.1) is 9.24 Å². The minimum absolute atomic E-state index is 0.345. The monoisotopic (exact) mass is 488 g/mol. The lowest BCUT2D eigenvalue weighted by atomic mass is 10.1. The van der Waals surface area contributed by atoms with E-state index in [0.29, 0.717) is 43.5 Å². The molecule has 9 heteroatoms. The molecule has 186 valence electrons. The number of hydrogen-bond acceptors (Lipinski definition) is 6. The summed E-state index contributed by atoms with van der Waals surface area (Å²) in [6.45, 7) is 9.35. The molecule has 34 heavy (non-hydrogen) atoms. The third-order valence-corrected chi connectivity index (χ3v) is 5.27. The van der Waals surface area contributed by atoms with Gasteiger partial charge in [-0.3, -0.25) is 5.10 Å². The Kier molecular flexibility index (Phi) is 11.5. The number of aromatic nitrogens is 2. The molecular weight excluding hydrogens is 451 g/mol. The summed E-state index contributed by atoms with van der Waals surface area (Å²) >= 11 is 0. The van der Waals surface area contributed by atoms with Crippen LogP contribution < -0.4 is 25.4 Å². The zero-order valence-electron chi connectivity index (χ0n) is 20.8. The third kappa shape index (κ3) is 8.41. The molecule has 1 amide bonds. The van der Waals surface area contributed by atoms with Crippen molar-refractivity contribution in [3.8, 4) is 22.8 Å². The van der Waals surface area contributed by atoms with Gasteiger partial charge in [0.15, 0.2) is 5.82 Å². The Hall–Kier alpha value is -2.99. The van der Waals surface area contributed by atoms with Crippen molar-refractivity contribution in [2.75, 3.05) is 32.2 Å². The van der Waals surface area contributed by atoms with Crippen molar-refractivity contribution in [3.63, 3.8) is 0 Å². The largest absolute Gasteiger partial charge is 0.496 e. The van der Waals surface area contributed by atoms with Gasteiger partial charge in [0.1, 0.15) is 11.5 Å². The van der Waals surface area contributed by atoms with E-state index >= 15 is 0 Å². The van der Waals surface area contributed by atoms with Gasteiger partial charge in [0, 0.05) is 18.3 Å². The first-order valence-corrected chi connectivity index (χ1v) is 12.2. The van der Waals surface area contributed by atoms with Crippen molar-refractivity contribution < 1.29 is 19.0 Å².